The van der Waals surface area contributed by atoms with Crippen LogP contribution in [0, 0.1) is 6.92 Å². The molecule has 0 fully saturated rings. The predicted molar refractivity (Wildman–Crippen MR) is 110 cm³/mol. The molecule has 0 bridgehead atoms. The molecule has 0 atom stereocenters. The quantitative estimate of drug-likeness (QED) is 0.290. The van der Waals surface area contributed by atoms with Gasteiger partial charge < -0.3 is 5.11 Å². The van der Waals surface area contributed by atoms with Crippen LogP contribution in [-0.4, -0.2) is 54.6 Å². The molecule has 0 heterocycles. The number of carbonyl (C=O) groups is 2. The minimum atomic E-state index is -4.19. The van der Waals surface area contributed by atoms with Crippen molar-refractivity contribution >= 4 is 56.9 Å². The number of aromatic hydroxyl groups is 1. The minimum Gasteiger partial charge on any atom is -0.507 e. The van der Waals surface area contributed by atoms with E-state index in [1.165, 1.54) is 30.3 Å². The number of ketones is 2. The molecule has 3 aromatic rings. The van der Waals surface area contributed by atoms with E-state index in [4.69, 9.17) is 4.28 Å². The van der Waals surface area contributed by atoms with Gasteiger partial charge in [0.1, 0.15) is 5.75 Å². The van der Waals surface area contributed by atoms with Crippen LogP contribution < -0.4 is 5.48 Å². The summed E-state index contributed by atoms with van der Waals surface area (Å²) in [7, 11) is -4.19. The van der Waals surface area contributed by atoms with E-state index >= 15 is 0 Å². The first-order valence-electron chi connectivity index (χ1n) is 8.61. The number of hydrogen-bond acceptors (Lipinski definition) is 7. The number of aryl methyl sites for hydroxylation is 1. The largest absolute Gasteiger partial charge is 0.507 e. The molecule has 0 spiro atoms. The second-order valence-electron chi connectivity index (χ2n) is 6.49. The van der Waals surface area contributed by atoms with Crippen molar-refractivity contribution in [1.29, 1.82) is 0 Å². The molecule has 3 aromatic carbocycles. The van der Waals surface area contributed by atoms with Gasteiger partial charge in [-0.05, 0) is 30.7 Å². The van der Waals surface area contributed by atoms with Gasteiger partial charge in [0.2, 0.25) is 0 Å². The maximum Gasteiger partial charge on any atom is 0.317 e. The number of anilines is 1. The molecule has 0 unspecified atom stereocenters. The summed E-state index contributed by atoms with van der Waals surface area (Å²) in [5.74, 6) is -1.43. The van der Waals surface area contributed by atoms with Crippen LogP contribution in [0.3, 0.4) is 0 Å². The average molecular weight is 432 g/mol. The molecule has 0 aromatic heterocycles. The third-order valence-electron chi connectivity index (χ3n) is 4.68. The Morgan fingerprint density at radius 3 is 2.03 bits per heavy atom. The molecule has 0 amide bonds. The molecule has 1 aliphatic carbocycles. The second kappa shape index (κ2) is 8.33. The third-order valence-corrected chi connectivity index (χ3v) is 5.98. The van der Waals surface area contributed by atoms with Gasteiger partial charge in [-0.2, -0.15) is 8.42 Å². The zero-order valence-electron chi connectivity index (χ0n) is 16.2. The van der Waals surface area contributed by atoms with E-state index in [9.17, 15) is 23.1 Å². The van der Waals surface area contributed by atoms with Crippen molar-refractivity contribution in [3.8, 4) is 5.75 Å². The van der Waals surface area contributed by atoms with E-state index in [1.807, 2.05) is 0 Å². The van der Waals surface area contributed by atoms with Crippen molar-refractivity contribution in [2.45, 2.75) is 11.8 Å². The normalized spacial score (nSPS) is 12.6. The Kier molecular flexibility index (Phi) is 6.16. The number of phenols is 1. The van der Waals surface area contributed by atoms with Gasteiger partial charge in [-0.25, -0.2) is 5.48 Å². The first-order valence-corrected chi connectivity index (χ1v) is 10.0. The number of hydrogen-bond donors (Lipinski definition) is 2. The van der Waals surface area contributed by atoms with Gasteiger partial charge in [0.25, 0.3) is 0 Å². The Hall–Kier alpha value is -2.49. The maximum atomic E-state index is 13.0. The summed E-state index contributed by atoms with van der Waals surface area (Å²) in [6.07, 6.45) is 0. The molecule has 0 aliphatic heterocycles. The Balaban J connectivity index is 0.00000256. The van der Waals surface area contributed by atoms with Crippen molar-refractivity contribution < 1.29 is 27.4 Å². The van der Waals surface area contributed by atoms with Gasteiger partial charge >= 0.3 is 10.1 Å². The second-order valence-corrected chi connectivity index (χ2v) is 8.01. The van der Waals surface area contributed by atoms with Crippen molar-refractivity contribution in [3.05, 3.63) is 88.5 Å². The summed E-state index contributed by atoms with van der Waals surface area (Å²) < 4.78 is 30.0. The molecule has 2 N–H and O–H groups in total. The maximum absolute atomic E-state index is 13.0. The van der Waals surface area contributed by atoms with Crippen molar-refractivity contribution in [2.75, 3.05) is 5.48 Å². The van der Waals surface area contributed by atoms with Gasteiger partial charge in [0.05, 0.1) is 21.7 Å². The fourth-order valence-electron chi connectivity index (χ4n) is 3.27. The van der Waals surface area contributed by atoms with Gasteiger partial charge in [-0.3, -0.25) is 9.59 Å². The molecule has 1 aliphatic rings. The van der Waals surface area contributed by atoms with E-state index in [2.05, 4.69) is 5.48 Å². The van der Waals surface area contributed by atoms with Crippen LogP contribution >= 0.6 is 0 Å². The fourth-order valence-corrected chi connectivity index (χ4v) is 4.27. The van der Waals surface area contributed by atoms with Gasteiger partial charge in [-0.15, -0.1) is 4.28 Å². The molecule has 9 heteroatoms. The number of fused-ring (bicyclic) bond motifs is 2. The molecule has 0 saturated carbocycles. The Morgan fingerprint density at radius 1 is 0.833 bits per heavy atom. The van der Waals surface area contributed by atoms with Gasteiger partial charge in [0.15, 0.2) is 11.6 Å². The Labute approximate surface area is 195 Å². The van der Waals surface area contributed by atoms with Crippen LogP contribution in [0.1, 0.15) is 37.4 Å². The Morgan fingerprint density at radius 2 is 1.40 bits per heavy atom. The van der Waals surface area contributed by atoms with Gasteiger partial charge in [-0.1, -0.05) is 42.5 Å². The smallest absolute Gasteiger partial charge is 0.317 e. The van der Waals surface area contributed by atoms with E-state index in [1.54, 1.807) is 37.3 Å². The summed E-state index contributed by atoms with van der Waals surface area (Å²) in [5, 5.41) is 10.2. The fraction of sp³-hybridized carbons (Fsp3) is 0.0476. The van der Waals surface area contributed by atoms with E-state index < -0.39 is 21.7 Å². The molecule has 4 rings (SSSR count). The van der Waals surface area contributed by atoms with E-state index in [-0.39, 0.29) is 68.1 Å². The van der Waals surface area contributed by atoms with Crippen LogP contribution in [0.4, 0.5) is 5.69 Å². The summed E-state index contributed by atoms with van der Waals surface area (Å²) in [6, 6.07) is 15.0. The minimum absolute atomic E-state index is 0. The van der Waals surface area contributed by atoms with Gasteiger partial charge in [0, 0.05) is 40.7 Å². The predicted octanol–water partition coefficient (Wildman–Crippen LogP) is 2.83. The van der Waals surface area contributed by atoms with Crippen LogP contribution in [0.15, 0.2) is 65.6 Å². The van der Waals surface area contributed by atoms with Crippen LogP contribution in [0.2, 0.25) is 0 Å². The number of carbonyl (C=O) groups excluding carboxylic acids is 2. The standard InChI is InChI=1S/C21H15NO6S.Na/c1-12-6-2-5-9-17(12)29(26,27)28-22-15-10-11-16(23)19-18(15)20(24)13-7-3-4-8-14(13)21(19)25;/h2-11,22-23H,1H3;. The molecular formula is C21H15NNaO6S. The molecule has 1 radical (unpaired) electrons. The zero-order chi connectivity index (χ0) is 20.8. The third kappa shape index (κ3) is 3.68. The van der Waals surface area contributed by atoms with Crippen molar-refractivity contribution in [3.63, 3.8) is 0 Å². The summed E-state index contributed by atoms with van der Waals surface area (Å²) >= 11 is 0. The van der Waals surface area contributed by atoms with Crippen LogP contribution in [0.25, 0.3) is 0 Å². The first kappa shape index (κ1) is 22.2. The number of phenolic OH excluding ortho intramolecular Hbond substituents is 1. The molecule has 0 saturated heterocycles. The molecule has 30 heavy (non-hydrogen) atoms. The Bertz CT molecular complexity index is 1290. The van der Waals surface area contributed by atoms with Crippen LogP contribution in [0.5, 0.6) is 5.75 Å². The summed E-state index contributed by atoms with van der Waals surface area (Å²) in [6.45, 7) is 1.62. The topological polar surface area (TPSA) is 110 Å². The SMILES string of the molecule is Cc1ccccc1S(=O)(=O)ONc1ccc(O)c2c1C(=O)c1ccccc1C2=O.[Na]. The monoisotopic (exact) mass is 432 g/mol. The molecule has 147 valence electrons. The number of benzene rings is 3. The summed E-state index contributed by atoms with van der Waals surface area (Å²) in [4.78, 5) is 25.7. The van der Waals surface area contributed by atoms with Crippen LogP contribution in [-0.2, 0) is 14.4 Å². The van der Waals surface area contributed by atoms with E-state index in [0.29, 0.717) is 5.56 Å². The number of nitrogens with one attached hydrogen (secondary N) is 1. The average Bonchev–Trinajstić information content (AvgIpc) is 2.71. The first-order chi connectivity index (χ1) is 13.8. The zero-order valence-corrected chi connectivity index (χ0v) is 19.0. The molecule has 7 nitrogen and oxygen atoms in total. The summed E-state index contributed by atoms with van der Waals surface area (Å²) in [5.41, 5.74) is 2.72. The van der Waals surface area contributed by atoms with Crippen molar-refractivity contribution in [1.82, 2.24) is 0 Å². The number of rotatable bonds is 4. The van der Waals surface area contributed by atoms with E-state index in [0.717, 1.165) is 0 Å². The van der Waals surface area contributed by atoms with Crippen molar-refractivity contribution in [2.24, 2.45) is 0 Å². The molecular weight excluding hydrogens is 417 g/mol.